The average Bonchev–Trinajstić information content (AvgIpc) is 2.93. The van der Waals surface area contributed by atoms with E-state index in [0.717, 1.165) is 24.3 Å². The lowest BCUT2D eigenvalue weighted by Gasteiger charge is -2.17. The SMILES string of the molecule is CC(CC(O)c1ccco1)NC(=O)C=C1CCSCC1. The van der Waals surface area contributed by atoms with E-state index in [1.54, 1.807) is 18.2 Å². The number of furan rings is 1. The highest BCUT2D eigenvalue weighted by Gasteiger charge is 2.16. The van der Waals surface area contributed by atoms with Gasteiger partial charge in [-0.15, -0.1) is 0 Å². The van der Waals surface area contributed by atoms with Crippen LogP contribution in [0.4, 0.5) is 0 Å². The number of carbonyl (C=O) groups is 1. The summed E-state index contributed by atoms with van der Waals surface area (Å²) in [5.74, 6) is 2.68. The van der Waals surface area contributed by atoms with Crippen molar-refractivity contribution >= 4 is 17.7 Å². The van der Waals surface area contributed by atoms with E-state index in [-0.39, 0.29) is 11.9 Å². The van der Waals surface area contributed by atoms with E-state index in [4.69, 9.17) is 4.42 Å². The maximum Gasteiger partial charge on any atom is 0.244 e. The summed E-state index contributed by atoms with van der Waals surface area (Å²) in [5.41, 5.74) is 1.22. The van der Waals surface area contributed by atoms with Gasteiger partial charge in [-0.3, -0.25) is 4.79 Å². The lowest BCUT2D eigenvalue weighted by molar-refractivity contribution is -0.117. The molecule has 1 aromatic heterocycles. The summed E-state index contributed by atoms with van der Waals surface area (Å²) in [4.78, 5) is 11.9. The molecule has 0 aliphatic carbocycles. The van der Waals surface area contributed by atoms with Crippen LogP contribution in [0.1, 0.15) is 38.1 Å². The normalized spacial score (nSPS) is 18.4. The van der Waals surface area contributed by atoms with Gasteiger partial charge in [-0.1, -0.05) is 5.57 Å². The van der Waals surface area contributed by atoms with E-state index >= 15 is 0 Å². The summed E-state index contributed by atoms with van der Waals surface area (Å²) in [7, 11) is 0. The van der Waals surface area contributed by atoms with Crippen LogP contribution in [0.25, 0.3) is 0 Å². The summed E-state index contributed by atoms with van der Waals surface area (Å²) in [5, 5.41) is 12.8. The largest absolute Gasteiger partial charge is 0.467 e. The van der Waals surface area contributed by atoms with Crippen LogP contribution in [0.3, 0.4) is 0 Å². The minimum atomic E-state index is -0.681. The van der Waals surface area contributed by atoms with Crippen molar-refractivity contribution < 1.29 is 14.3 Å². The molecule has 110 valence electrons. The van der Waals surface area contributed by atoms with Gasteiger partial charge in [0, 0.05) is 18.5 Å². The Hall–Kier alpha value is -1.20. The van der Waals surface area contributed by atoms with E-state index in [2.05, 4.69) is 5.32 Å². The van der Waals surface area contributed by atoms with Gasteiger partial charge in [0.05, 0.1) is 6.26 Å². The van der Waals surface area contributed by atoms with Crippen LogP contribution in [-0.2, 0) is 4.79 Å². The Balaban J connectivity index is 1.78. The lowest BCUT2D eigenvalue weighted by Crippen LogP contribution is -2.32. The summed E-state index contributed by atoms with van der Waals surface area (Å²) in [6, 6.07) is 3.38. The smallest absolute Gasteiger partial charge is 0.244 e. The Morgan fingerprint density at radius 2 is 2.30 bits per heavy atom. The molecule has 1 amide bonds. The fraction of sp³-hybridized carbons (Fsp3) is 0.533. The van der Waals surface area contributed by atoms with Crippen LogP contribution in [0.2, 0.25) is 0 Å². The molecule has 1 saturated heterocycles. The van der Waals surface area contributed by atoms with E-state index in [1.807, 2.05) is 18.7 Å². The van der Waals surface area contributed by atoms with Gasteiger partial charge < -0.3 is 14.8 Å². The van der Waals surface area contributed by atoms with Crippen molar-refractivity contribution in [1.29, 1.82) is 0 Å². The Labute approximate surface area is 123 Å². The summed E-state index contributed by atoms with van der Waals surface area (Å²) < 4.78 is 5.15. The Kier molecular flexibility index (Phi) is 5.73. The fourth-order valence-corrected chi connectivity index (χ4v) is 3.26. The zero-order chi connectivity index (χ0) is 14.4. The first-order valence-corrected chi connectivity index (χ1v) is 8.10. The monoisotopic (exact) mass is 295 g/mol. The molecule has 2 heterocycles. The zero-order valence-corrected chi connectivity index (χ0v) is 12.5. The van der Waals surface area contributed by atoms with Gasteiger partial charge in [0.15, 0.2) is 0 Å². The molecule has 2 rings (SSSR count). The van der Waals surface area contributed by atoms with Crippen molar-refractivity contribution in [3.05, 3.63) is 35.8 Å². The molecule has 1 aliphatic rings. The van der Waals surface area contributed by atoms with Crippen LogP contribution >= 0.6 is 11.8 Å². The van der Waals surface area contributed by atoms with Crippen molar-refractivity contribution in [2.24, 2.45) is 0 Å². The van der Waals surface area contributed by atoms with E-state index in [0.29, 0.717) is 12.2 Å². The van der Waals surface area contributed by atoms with Crippen molar-refractivity contribution in [3.63, 3.8) is 0 Å². The number of rotatable bonds is 5. The second kappa shape index (κ2) is 7.55. The van der Waals surface area contributed by atoms with Gasteiger partial charge in [0.1, 0.15) is 11.9 Å². The standard InChI is InChI=1S/C15H21NO3S/c1-11(9-13(17)14-3-2-6-19-14)16-15(18)10-12-4-7-20-8-5-12/h2-3,6,10-11,13,17H,4-5,7-9H2,1H3,(H,16,18). The molecule has 20 heavy (non-hydrogen) atoms. The van der Waals surface area contributed by atoms with Crippen LogP contribution in [0.15, 0.2) is 34.5 Å². The Morgan fingerprint density at radius 1 is 1.55 bits per heavy atom. The van der Waals surface area contributed by atoms with Gasteiger partial charge in [-0.05, 0) is 43.4 Å². The van der Waals surface area contributed by atoms with Gasteiger partial charge >= 0.3 is 0 Å². The third-order valence-corrected chi connectivity index (χ3v) is 4.29. The molecule has 1 fully saturated rings. The molecular formula is C15H21NO3S. The number of hydrogen-bond acceptors (Lipinski definition) is 4. The summed E-state index contributed by atoms with van der Waals surface area (Å²) in [6.45, 7) is 1.89. The number of hydrogen-bond donors (Lipinski definition) is 2. The van der Waals surface area contributed by atoms with Gasteiger partial charge in [-0.25, -0.2) is 0 Å². The fourth-order valence-electron chi connectivity index (χ4n) is 2.24. The van der Waals surface area contributed by atoms with Gasteiger partial charge in [0.2, 0.25) is 5.91 Å². The highest BCUT2D eigenvalue weighted by atomic mass is 32.2. The van der Waals surface area contributed by atoms with Crippen molar-refractivity contribution in [2.75, 3.05) is 11.5 Å². The second-order valence-corrected chi connectivity index (χ2v) is 6.32. The summed E-state index contributed by atoms with van der Waals surface area (Å²) >= 11 is 1.93. The highest BCUT2D eigenvalue weighted by molar-refractivity contribution is 7.99. The first-order valence-electron chi connectivity index (χ1n) is 6.94. The predicted molar refractivity (Wildman–Crippen MR) is 80.5 cm³/mol. The second-order valence-electron chi connectivity index (χ2n) is 5.09. The van der Waals surface area contributed by atoms with Crippen molar-refractivity contribution in [3.8, 4) is 0 Å². The maximum absolute atomic E-state index is 11.9. The van der Waals surface area contributed by atoms with Crippen LogP contribution in [0, 0.1) is 0 Å². The molecule has 0 saturated carbocycles. The van der Waals surface area contributed by atoms with E-state index < -0.39 is 6.10 Å². The lowest BCUT2D eigenvalue weighted by atomic mass is 10.1. The number of nitrogens with one attached hydrogen (secondary N) is 1. The molecular weight excluding hydrogens is 274 g/mol. The Morgan fingerprint density at radius 3 is 2.95 bits per heavy atom. The third-order valence-electron chi connectivity index (χ3n) is 3.31. The number of amides is 1. The number of allylic oxidation sites excluding steroid dienone is 1. The molecule has 1 aromatic rings. The van der Waals surface area contributed by atoms with Gasteiger partial charge in [-0.2, -0.15) is 11.8 Å². The maximum atomic E-state index is 11.9. The quantitative estimate of drug-likeness (QED) is 0.820. The molecule has 2 atom stereocenters. The molecule has 2 unspecified atom stereocenters. The molecule has 1 aliphatic heterocycles. The van der Waals surface area contributed by atoms with Crippen LogP contribution in [-0.4, -0.2) is 28.6 Å². The minimum Gasteiger partial charge on any atom is -0.467 e. The van der Waals surface area contributed by atoms with Crippen molar-refractivity contribution in [2.45, 2.75) is 38.3 Å². The topological polar surface area (TPSA) is 62.5 Å². The molecule has 2 N–H and O–H groups in total. The number of aliphatic hydroxyl groups excluding tert-OH is 1. The molecule has 0 aromatic carbocycles. The molecule has 0 spiro atoms. The predicted octanol–water partition coefficient (Wildman–Crippen LogP) is 2.66. The number of aliphatic hydroxyl groups is 1. The Bertz CT molecular complexity index is 448. The highest BCUT2D eigenvalue weighted by Crippen LogP contribution is 2.22. The van der Waals surface area contributed by atoms with E-state index in [1.165, 1.54) is 11.8 Å². The molecule has 0 bridgehead atoms. The van der Waals surface area contributed by atoms with Crippen LogP contribution in [0.5, 0.6) is 0 Å². The molecule has 4 nitrogen and oxygen atoms in total. The first-order chi connectivity index (χ1) is 9.65. The van der Waals surface area contributed by atoms with Gasteiger partial charge in [0.25, 0.3) is 0 Å². The zero-order valence-electron chi connectivity index (χ0n) is 11.7. The third kappa shape index (κ3) is 4.72. The number of carbonyl (C=O) groups excluding carboxylic acids is 1. The minimum absolute atomic E-state index is 0.0638. The first kappa shape index (κ1) is 15.2. The summed E-state index contributed by atoms with van der Waals surface area (Å²) in [6.07, 6.45) is 5.02. The average molecular weight is 295 g/mol. The molecule has 0 radical (unpaired) electrons. The number of thioether (sulfide) groups is 1. The van der Waals surface area contributed by atoms with Crippen molar-refractivity contribution in [1.82, 2.24) is 5.32 Å². The molecule has 5 heteroatoms. The van der Waals surface area contributed by atoms with Crippen LogP contribution < -0.4 is 5.32 Å². The van der Waals surface area contributed by atoms with E-state index in [9.17, 15) is 9.90 Å².